The number of aryl methyl sites for hydroxylation is 1. The number of thiazole rings is 1. The van der Waals surface area contributed by atoms with Gasteiger partial charge in [0.1, 0.15) is 27.9 Å². The van der Waals surface area contributed by atoms with Gasteiger partial charge in [0.25, 0.3) is 0 Å². The molecule has 0 fully saturated rings. The van der Waals surface area contributed by atoms with Crippen LogP contribution in [-0.2, 0) is 9.53 Å². The van der Waals surface area contributed by atoms with Crippen molar-refractivity contribution in [1.82, 2.24) is 9.97 Å². The number of aromatic nitrogens is 2. The Kier molecular flexibility index (Phi) is 6.71. The van der Waals surface area contributed by atoms with E-state index in [4.69, 9.17) is 21.0 Å². The lowest BCUT2D eigenvalue weighted by Gasteiger charge is -2.05. The molecule has 0 unspecified atom stereocenters. The minimum Gasteiger partial charge on any atom is -0.462 e. The van der Waals surface area contributed by atoms with Gasteiger partial charge in [0.05, 0.1) is 29.2 Å². The molecule has 0 aliphatic rings. The van der Waals surface area contributed by atoms with Crippen LogP contribution in [0.2, 0.25) is 0 Å². The number of thioether (sulfide) groups is 1. The predicted octanol–water partition coefficient (Wildman–Crippen LogP) is 2.08. The Labute approximate surface area is 163 Å². The number of ether oxygens (including phenoxy) is 1. The first kappa shape index (κ1) is 20.2. The molecule has 0 spiro atoms. The molecular weight excluding hydrogens is 388 g/mol. The number of hydrogen-bond acceptors (Lipinski definition) is 10. The van der Waals surface area contributed by atoms with Gasteiger partial charge in [-0.2, -0.15) is 10.5 Å². The highest BCUT2D eigenvalue weighted by molar-refractivity contribution is 8.00. The Bertz CT molecular complexity index is 974. The predicted molar refractivity (Wildman–Crippen MR) is 100 cm³/mol. The number of amides is 1. The van der Waals surface area contributed by atoms with E-state index < -0.39 is 11.9 Å². The van der Waals surface area contributed by atoms with E-state index in [1.165, 1.54) is 6.07 Å². The number of nitrogens with two attached hydrogens (primary N) is 1. The van der Waals surface area contributed by atoms with Crippen LogP contribution in [0.25, 0.3) is 0 Å². The first-order valence-electron chi connectivity index (χ1n) is 7.57. The molecule has 11 heteroatoms. The number of nitrogens with one attached hydrogen (secondary N) is 1. The minimum absolute atomic E-state index is 0.00552. The summed E-state index contributed by atoms with van der Waals surface area (Å²) in [5.41, 5.74) is 6.38. The molecule has 0 saturated carbocycles. The maximum atomic E-state index is 12.1. The fraction of sp³-hybridized carbons (Fsp3) is 0.250. The number of rotatable bonds is 6. The average molecular weight is 402 g/mol. The van der Waals surface area contributed by atoms with E-state index in [9.17, 15) is 9.59 Å². The highest BCUT2D eigenvalue weighted by atomic mass is 32.2. The number of pyridine rings is 1. The number of esters is 1. The maximum absolute atomic E-state index is 12.1. The minimum atomic E-state index is -0.488. The van der Waals surface area contributed by atoms with Crippen LogP contribution in [0, 0.1) is 29.6 Å². The van der Waals surface area contributed by atoms with E-state index >= 15 is 0 Å². The molecule has 0 aliphatic heterocycles. The van der Waals surface area contributed by atoms with Crippen LogP contribution in [0.5, 0.6) is 0 Å². The number of nitrogens with zero attached hydrogens (tertiary/aromatic N) is 4. The number of nitrogen functional groups attached to an aromatic ring is 1. The van der Waals surface area contributed by atoms with Gasteiger partial charge in [-0.25, -0.2) is 14.8 Å². The highest BCUT2D eigenvalue weighted by Gasteiger charge is 2.18. The summed E-state index contributed by atoms with van der Waals surface area (Å²) >= 11 is 2.03. The third kappa shape index (κ3) is 4.94. The topological polar surface area (TPSA) is 155 Å². The second-order valence-electron chi connectivity index (χ2n) is 4.99. The molecular formula is C16H14N6O3S2. The van der Waals surface area contributed by atoms with Crippen molar-refractivity contribution >= 4 is 45.9 Å². The van der Waals surface area contributed by atoms with Gasteiger partial charge >= 0.3 is 5.97 Å². The molecule has 3 N–H and O–H groups in total. The zero-order valence-corrected chi connectivity index (χ0v) is 16.0. The lowest BCUT2D eigenvalue weighted by atomic mass is 10.2. The Morgan fingerprint density at radius 3 is 2.67 bits per heavy atom. The molecule has 2 aromatic rings. The van der Waals surface area contributed by atoms with Crippen LogP contribution in [0.15, 0.2) is 11.1 Å². The molecule has 27 heavy (non-hydrogen) atoms. The highest BCUT2D eigenvalue weighted by Crippen LogP contribution is 2.26. The summed E-state index contributed by atoms with van der Waals surface area (Å²) in [5, 5.41) is 21.2. The number of carbonyl (C=O) groups excluding carboxylic acids is 2. The van der Waals surface area contributed by atoms with Crippen molar-refractivity contribution in [1.29, 1.82) is 10.5 Å². The standard InChI is InChI=1S/C16H14N6O3S2/c1-3-25-15(24)12-8(2)20-16(27-12)21-11(23)7-26-14-10(6-18)4-9(5-17)13(19)22-14/h4H,3,7H2,1-2H3,(H2,19,22)(H,20,21,23). The number of carbonyl (C=O) groups is 2. The second kappa shape index (κ2) is 8.98. The van der Waals surface area contributed by atoms with Crippen molar-refractivity contribution in [2.45, 2.75) is 18.9 Å². The van der Waals surface area contributed by atoms with E-state index in [-0.39, 0.29) is 39.5 Å². The van der Waals surface area contributed by atoms with E-state index in [1.807, 2.05) is 12.1 Å². The van der Waals surface area contributed by atoms with Gasteiger partial charge in [-0.05, 0) is 19.9 Å². The molecule has 0 aromatic carbocycles. The van der Waals surface area contributed by atoms with Gasteiger partial charge < -0.3 is 15.8 Å². The summed E-state index contributed by atoms with van der Waals surface area (Å²) in [5.74, 6) is -0.939. The van der Waals surface area contributed by atoms with E-state index in [0.29, 0.717) is 10.6 Å². The molecule has 2 aromatic heterocycles. The quantitative estimate of drug-likeness (QED) is 0.545. The van der Waals surface area contributed by atoms with Gasteiger partial charge in [0, 0.05) is 0 Å². The van der Waals surface area contributed by atoms with E-state index in [0.717, 1.165) is 23.1 Å². The lowest BCUT2D eigenvalue weighted by Crippen LogP contribution is -2.14. The summed E-state index contributed by atoms with van der Waals surface area (Å²) < 4.78 is 4.93. The van der Waals surface area contributed by atoms with Gasteiger partial charge in [-0.15, -0.1) is 0 Å². The largest absolute Gasteiger partial charge is 0.462 e. The van der Waals surface area contributed by atoms with E-state index in [2.05, 4.69) is 15.3 Å². The monoisotopic (exact) mass is 402 g/mol. The molecule has 138 valence electrons. The third-order valence-corrected chi connectivity index (χ3v) is 5.15. The average Bonchev–Trinajstić information content (AvgIpc) is 3.00. The van der Waals surface area contributed by atoms with Crippen molar-refractivity contribution in [3.05, 3.63) is 27.8 Å². The Balaban J connectivity index is 2.05. The second-order valence-corrected chi connectivity index (χ2v) is 6.95. The van der Waals surface area contributed by atoms with Crippen LogP contribution < -0.4 is 11.1 Å². The molecule has 0 atom stereocenters. The van der Waals surface area contributed by atoms with Gasteiger partial charge in [0.2, 0.25) is 5.91 Å². The van der Waals surface area contributed by atoms with Crippen molar-refractivity contribution in [3.63, 3.8) is 0 Å². The Hall–Kier alpha value is -3.15. The number of nitriles is 2. The van der Waals surface area contributed by atoms with Gasteiger partial charge in [0.15, 0.2) is 5.13 Å². The maximum Gasteiger partial charge on any atom is 0.350 e. The fourth-order valence-corrected chi connectivity index (χ4v) is 3.55. The summed E-state index contributed by atoms with van der Waals surface area (Å²) in [4.78, 5) is 32.4. The van der Waals surface area contributed by atoms with Gasteiger partial charge in [-0.3, -0.25) is 4.79 Å². The van der Waals surface area contributed by atoms with E-state index in [1.54, 1.807) is 13.8 Å². The van der Waals surface area contributed by atoms with Crippen molar-refractivity contribution < 1.29 is 14.3 Å². The molecule has 2 heterocycles. The van der Waals surface area contributed by atoms with Crippen molar-refractivity contribution in [2.75, 3.05) is 23.4 Å². The Morgan fingerprint density at radius 2 is 2.04 bits per heavy atom. The fourth-order valence-electron chi connectivity index (χ4n) is 1.91. The first-order chi connectivity index (χ1) is 12.9. The molecule has 9 nitrogen and oxygen atoms in total. The van der Waals surface area contributed by atoms with Crippen LogP contribution >= 0.6 is 23.1 Å². The molecule has 2 rings (SSSR count). The Morgan fingerprint density at radius 1 is 1.33 bits per heavy atom. The normalized spacial score (nSPS) is 9.93. The van der Waals surface area contributed by atoms with Crippen LogP contribution in [0.3, 0.4) is 0 Å². The SMILES string of the molecule is CCOC(=O)c1sc(NC(=O)CSc2nc(N)c(C#N)cc2C#N)nc1C. The van der Waals surface area contributed by atoms with Crippen LogP contribution in [-0.4, -0.2) is 34.2 Å². The summed E-state index contributed by atoms with van der Waals surface area (Å²) in [7, 11) is 0. The smallest absolute Gasteiger partial charge is 0.350 e. The molecule has 1 amide bonds. The van der Waals surface area contributed by atoms with Gasteiger partial charge in [-0.1, -0.05) is 23.1 Å². The first-order valence-corrected chi connectivity index (χ1v) is 9.37. The molecule has 0 radical (unpaired) electrons. The number of hydrogen-bond donors (Lipinski definition) is 2. The van der Waals surface area contributed by atoms with Crippen molar-refractivity contribution in [2.24, 2.45) is 0 Å². The van der Waals surface area contributed by atoms with Crippen LogP contribution in [0.4, 0.5) is 10.9 Å². The van der Waals surface area contributed by atoms with Crippen molar-refractivity contribution in [3.8, 4) is 12.1 Å². The zero-order valence-electron chi connectivity index (χ0n) is 14.4. The molecule has 0 saturated heterocycles. The summed E-state index contributed by atoms with van der Waals surface area (Å²) in [6.45, 7) is 3.60. The summed E-state index contributed by atoms with van der Waals surface area (Å²) in [6, 6.07) is 5.10. The van der Waals surface area contributed by atoms with Crippen LogP contribution in [0.1, 0.15) is 33.4 Å². The lowest BCUT2D eigenvalue weighted by molar-refractivity contribution is -0.113. The number of anilines is 2. The molecule has 0 aliphatic carbocycles. The third-order valence-electron chi connectivity index (χ3n) is 3.10. The zero-order chi connectivity index (χ0) is 20.0. The summed E-state index contributed by atoms with van der Waals surface area (Å²) in [6.07, 6.45) is 0. The molecule has 0 bridgehead atoms.